The maximum atomic E-state index is 13.6. The van der Waals surface area contributed by atoms with Gasteiger partial charge in [-0.15, -0.1) is 0 Å². The molecule has 6 heteroatoms. The third-order valence-electron chi connectivity index (χ3n) is 3.49. The van der Waals surface area contributed by atoms with E-state index in [0.717, 1.165) is 12.1 Å². The molecule has 2 aromatic rings. The minimum atomic E-state index is -1.32. The van der Waals surface area contributed by atoms with Crippen molar-refractivity contribution >= 4 is 0 Å². The number of ether oxygens (including phenoxy) is 1. The zero-order valence-corrected chi connectivity index (χ0v) is 12.9. The van der Waals surface area contributed by atoms with Gasteiger partial charge in [-0.2, -0.15) is 0 Å². The molecule has 1 unspecified atom stereocenters. The summed E-state index contributed by atoms with van der Waals surface area (Å²) in [6.45, 7) is 0.319. The summed E-state index contributed by atoms with van der Waals surface area (Å²) in [4.78, 5) is 1.65. The molecule has 0 aliphatic carbocycles. The number of aliphatic hydroxyl groups is 1. The van der Waals surface area contributed by atoms with E-state index in [1.165, 1.54) is 25.3 Å². The van der Waals surface area contributed by atoms with Crippen molar-refractivity contribution in [3.63, 3.8) is 0 Å². The van der Waals surface area contributed by atoms with Gasteiger partial charge < -0.3 is 9.84 Å². The monoisotopic (exact) mass is 325 g/mol. The molecule has 23 heavy (non-hydrogen) atoms. The first kappa shape index (κ1) is 17.3. The highest BCUT2D eigenvalue weighted by molar-refractivity contribution is 5.29. The lowest BCUT2D eigenvalue weighted by Gasteiger charge is -2.21. The van der Waals surface area contributed by atoms with Crippen molar-refractivity contribution < 1.29 is 23.0 Å². The molecule has 1 atom stereocenters. The molecule has 0 aliphatic heterocycles. The molecule has 1 N–H and O–H groups in total. The van der Waals surface area contributed by atoms with Gasteiger partial charge in [0.25, 0.3) is 0 Å². The molecule has 2 rings (SSSR count). The van der Waals surface area contributed by atoms with Crippen LogP contribution in [0, 0.1) is 17.5 Å². The Bertz CT molecular complexity index is 659. The Morgan fingerprint density at radius 1 is 1.09 bits per heavy atom. The minimum absolute atomic E-state index is 0.00546. The second kappa shape index (κ2) is 7.48. The van der Waals surface area contributed by atoms with Crippen molar-refractivity contribution in [2.75, 3.05) is 20.7 Å². The Hall–Kier alpha value is -2.05. The van der Waals surface area contributed by atoms with Gasteiger partial charge >= 0.3 is 0 Å². The number of benzene rings is 2. The highest BCUT2D eigenvalue weighted by Gasteiger charge is 2.19. The van der Waals surface area contributed by atoms with Crippen molar-refractivity contribution in [2.24, 2.45) is 0 Å². The van der Waals surface area contributed by atoms with Gasteiger partial charge in [-0.3, -0.25) is 4.90 Å². The van der Waals surface area contributed by atoms with Crippen LogP contribution in [0.15, 0.2) is 36.4 Å². The van der Waals surface area contributed by atoms with Crippen molar-refractivity contribution in [1.29, 1.82) is 0 Å². The standard InChI is InChI=1S/C17H18F3NO2/c1-21(9-11-6-7-16(23-2)14(20)8-11)10-15(22)17-12(18)4-3-5-13(17)19/h3-8,15,22H,9-10H2,1-2H3. The molecule has 2 aromatic carbocycles. The van der Waals surface area contributed by atoms with Crippen LogP contribution >= 0.6 is 0 Å². The third-order valence-corrected chi connectivity index (χ3v) is 3.49. The molecule has 0 aliphatic rings. The Morgan fingerprint density at radius 2 is 1.74 bits per heavy atom. The van der Waals surface area contributed by atoms with Crippen LogP contribution in [-0.4, -0.2) is 30.7 Å². The van der Waals surface area contributed by atoms with Crippen LogP contribution in [0.2, 0.25) is 0 Å². The summed E-state index contributed by atoms with van der Waals surface area (Å²) >= 11 is 0. The molecule has 3 nitrogen and oxygen atoms in total. The lowest BCUT2D eigenvalue weighted by Crippen LogP contribution is -2.25. The SMILES string of the molecule is COc1ccc(CN(C)CC(O)c2c(F)cccc2F)cc1F. The Kier molecular flexibility index (Phi) is 5.63. The molecule has 0 amide bonds. The number of aliphatic hydroxyl groups excluding tert-OH is 1. The molecule has 0 saturated heterocycles. The topological polar surface area (TPSA) is 32.7 Å². The molecular formula is C17H18F3NO2. The maximum Gasteiger partial charge on any atom is 0.165 e. The first-order chi connectivity index (χ1) is 10.9. The van der Waals surface area contributed by atoms with Crippen LogP contribution in [0.3, 0.4) is 0 Å². The number of nitrogens with zero attached hydrogens (tertiary/aromatic N) is 1. The summed E-state index contributed by atoms with van der Waals surface area (Å²) < 4.78 is 45.7. The van der Waals surface area contributed by atoms with Crippen LogP contribution in [0.5, 0.6) is 5.75 Å². The highest BCUT2D eigenvalue weighted by atomic mass is 19.1. The molecule has 0 heterocycles. The van der Waals surface area contributed by atoms with Gasteiger partial charge in [-0.1, -0.05) is 12.1 Å². The number of halogens is 3. The highest BCUT2D eigenvalue weighted by Crippen LogP contribution is 2.22. The van der Waals surface area contributed by atoms with Crippen molar-refractivity contribution in [3.05, 3.63) is 65.0 Å². The fourth-order valence-electron chi connectivity index (χ4n) is 2.40. The first-order valence-electron chi connectivity index (χ1n) is 7.05. The predicted octanol–water partition coefficient (Wildman–Crippen LogP) is 3.28. The van der Waals surface area contributed by atoms with Crippen LogP contribution in [0.4, 0.5) is 13.2 Å². The second-order valence-electron chi connectivity index (χ2n) is 5.32. The number of likely N-dealkylation sites (N-methyl/N-ethyl adjacent to an activating group) is 1. The summed E-state index contributed by atoms with van der Waals surface area (Å²) in [5, 5.41) is 10.1. The molecule has 0 aromatic heterocycles. The van der Waals surface area contributed by atoms with E-state index in [1.807, 2.05) is 0 Å². The van der Waals surface area contributed by atoms with E-state index in [-0.39, 0.29) is 17.9 Å². The van der Waals surface area contributed by atoms with E-state index in [1.54, 1.807) is 18.0 Å². The zero-order chi connectivity index (χ0) is 17.0. The Labute approximate surface area is 132 Å². The second-order valence-corrected chi connectivity index (χ2v) is 5.32. The van der Waals surface area contributed by atoms with Crippen LogP contribution < -0.4 is 4.74 Å². The van der Waals surface area contributed by atoms with Crippen LogP contribution in [-0.2, 0) is 6.54 Å². The number of methoxy groups -OCH3 is 1. The molecule has 124 valence electrons. The summed E-state index contributed by atoms with van der Waals surface area (Å²) in [5.74, 6) is -1.92. The number of hydrogen-bond donors (Lipinski definition) is 1. The lowest BCUT2D eigenvalue weighted by atomic mass is 10.1. The number of rotatable bonds is 6. The van der Waals surface area contributed by atoms with Gasteiger partial charge in [0.1, 0.15) is 11.6 Å². The maximum absolute atomic E-state index is 13.6. The Balaban J connectivity index is 2.04. The largest absolute Gasteiger partial charge is 0.494 e. The van der Waals surface area contributed by atoms with Crippen LogP contribution in [0.25, 0.3) is 0 Å². The number of hydrogen-bond acceptors (Lipinski definition) is 3. The van der Waals surface area contributed by atoms with E-state index in [4.69, 9.17) is 4.74 Å². The van der Waals surface area contributed by atoms with Crippen molar-refractivity contribution in [2.45, 2.75) is 12.6 Å². The smallest absolute Gasteiger partial charge is 0.165 e. The summed E-state index contributed by atoms with van der Waals surface area (Å²) in [7, 11) is 3.05. The van der Waals surface area contributed by atoms with E-state index < -0.39 is 23.6 Å². The summed E-state index contributed by atoms with van der Waals surface area (Å²) in [5.41, 5.74) is 0.298. The summed E-state index contributed by atoms with van der Waals surface area (Å²) in [6.07, 6.45) is -1.32. The molecule has 0 bridgehead atoms. The third kappa shape index (κ3) is 4.24. The van der Waals surface area contributed by atoms with E-state index >= 15 is 0 Å². The van der Waals surface area contributed by atoms with E-state index in [0.29, 0.717) is 12.1 Å². The average Bonchev–Trinajstić information content (AvgIpc) is 2.47. The Morgan fingerprint density at radius 3 is 2.30 bits per heavy atom. The average molecular weight is 325 g/mol. The molecule has 0 radical (unpaired) electrons. The van der Waals surface area contributed by atoms with Crippen molar-refractivity contribution in [3.8, 4) is 5.75 Å². The van der Waals surface area contributed by atoms with Gasteiger partial charge in [0, 0.05) is 13.1 Å². The summed E-state index contributed by atoms with van der Waals surface area (Å²) in [6, 6.07) is 7.96. The molecular weight excluding hydrogens is 307 g/mol. The zero-order valence-electron chi connectivity index (χ0n) is 12.9. The van der Waals surface area contributed by atoms with E-state index in [9.17, 15) is 18.3 Å². The predicted molar refractivity (Wildman–Crippen MR) is 80.6 cm³/mol. The quantitative estimate of drug-likeness (QED) is 0.885. The normalized spacial score (nSPS) is 12.5. The fourth-order valence-corrected chi connectivity index (χ4v) is 2.40. The van der Waals surface area contributed by atoms with Gasteiger partial charge in [0.2, 0.25) is 0 Å². The van der Waals surface area contributed by atoms with E-state index in [2.05, 4.69) is 0 Å². The minimum Gasteiger partial charge on any atom is -0.494 e. The molecule has 0 saturated carbocycles. The van der Waals surface area contributed by atoms with Crippen LogP contribution in [0.1, 0.15) is 17.2 Å². The van der Waals surface area contributed by atoms with Gasteiger partial charge in [0.05, 0.1) is 18.8 Å². The van der Waals surface area contributed by atoms with Gasteiger partial charge in [-0.05, 0) is 36.9 Å². The molecule has 0 spiro atoms. The molecule has 0 fully saturated rings. The van der Waals surface area contributed by atoms with Gasteiger partial charge in [0.15, 0.2) is 11.6 Å². The fraction of sp³-hybridized carbons (Fsp3) is 0.294. The van der Waals surface area contributed by atoms with Crippen molar-refractivity contribution in [1.82, 2.24) is 4.90 Å². The first-order valence-corrected chi connectivity index (χ1v) is 7.05. The lowest BCUT2D eigenvalue weighted by molar-refractivity contribution is 0.117. The van der Waals surface area contributed by atoms with Gasteiger partial charge in [-0.25, -0.2) is 13.2 Å².